The summed E-state index contributed by atoms with van der Waals surface area (Å²) in [6.45, 7) is 0.681. The number of likely N-dealkylation sites (tertiary alicyclic amines) is 1. The first-order chi connectivity index (χ1) is 15.5. The Balaban J connectivity index is 1.49. The Kier molecular flexibility index (Phi) is 6.29. The number of nitrogens with zero attached hydrogens (tertiary/aromatic N) is 2. The van der Waals surface area contributed by atoms with E-state index in [-0.39, 0.29) is 23.5 Å². The highest BCUT2D eigenvalue weighted by molar-refractivity contribution is 8.76. The fraction of sp³-hybridized carbons (Fsp3) is 0.318. The Morgan fingerprint density at radius 3 is 2.78 bits per heavy atom. The van der Waals surface area contributed by atoms with Crippen LogP contribution in [0.1, 0.15) is 12.8 Å². The fourth-order valence-electron chi connectivity index (χ4n) is 4.20. The van der Waals surface area contributed by atoms with E-state index < -0.39 is 0 Å². The van der Waals surface area contributed by atoms with Gasteiger partial charge in [0, 0.05) is 34.1 Å². The summed E-state index contributed by atoms with van der Waals surface area (Å²) in [5.74, 6) is 3.03. The van der Waals surface area contributed by atoms with Crippen molar-refractivity contribution in [1.29, 1.82) is 0 Å². The molecule has 2 atom stereocenters. The molecular weight excluding hydrogens is 489 g/mol. The molecule has 3 heterocycles. The number of fused-ring (bicyclic) bond motifs is 2. The van der Waals surface area contributed by atoms with Gasteiger partial charge in [-0.3, -0.25) is 4.79 Å². The molecule has 3 aromatic rings. The van der Waals surface area contributed by atoms with Gasteiger partial charge in [-0.2, -0.15) is 0 Å². The number of ether oxygens (including phenoxy) is 1. The molecule has 2 aliphatic rings. The molecule has 166 valence electrons. The second-order valence-corrected chi connectivity index (χ2v) is 11.2. The second kappa shape index (κ2) is 9.17. The van der Waals surface area contributed by atoms with Crippen LogP contribution < -0.4 is 10.3 Å². The number of nitrogens with one attached hydrogen (secondary N) is 1. The van der Waals surface area contributed by atoms with E-state index in [1.165, 1.54) is 0 Å². The van der Waals surface area contributed by atoms with Crippen molar-refractivity contribution >= 4 is 61.8 Å². The Morgan fingerprint density at radius 1 is 1.12 bits per heavy atom. The minimum atomic E-state index is -0.384. The molecule has 2 saturated heterocycles. The van der Waals surface area contributed by atoms with Crippen LogP contribution in [0.15, 0.2) is 41.2 Å². The van der Waals surface area contributed by atoms with E-state index >= 15 is 0 Å². The predicted octanol–water partition coefficient (Wildman–Crippen LogP) is 5.87. The van der Waals surface area contributed by atoms with Crippen LogP contribution in [0.5, 0.6) is 5.75 Å². The number of carbonyl (C=O) groups excluding carboxylic acids is 1. The average molecular weight is 508 g/mol. The van der Waals surface area contributed by atoms with Crippen LogP contribution in [0.4, 0.5) is 4.79 Å². The Bertz CT molecular complexity index is 1250. The number of H-pyrrole nitrogens is 1. The standard InChI is InChI=1S/C22H19Cl2N3O3S2/c23-13-3-5-17-15(8-13)21(28)26-20(25-17)16-9-14(24)4-6-19(16)30-22(29)27-7-1-2-12-10-31-32-11-18(12)27/h3-6,8-9,12,18H,1-2,7,10-11H2,(H,25,26,28)/t12?,18-/m1/s1. The van der Waals surface area contributed by atoms with E-state index in [2.05, 4.69) is 9.97 Å². The quantitative estimate of drug-likeness (QED) is 0.437. The maximum absolute atomic E-state index is 13.2. The molecule has 1 aromatic heterocycles. The summed E-state index contributed by atoms with van der Waals surface area (Å²) in [5.41, 5.74) is 0.600. The Labute approximate surface area is 202 Å². The van der Waals surface area contributed by atoms with Gasteiger partial charge >= 0.3 is 6.09 Å². The largest absolute Gasteiger partial charge is 0.415 e. The average Bonchev–Trinajstić information content (AvgIpc) is 2.80. The smallest absolute Gasteiger partial charge is 0.409 e. The molecule has 2 fully saturated rings. The second-order valence-electron chi connectivity index (χ2n) is 7.82. The number of rotatable bonds is 2. The predicted molar refractivity (Wildman–Crippen MR) is 132 cm³/mol. The molecule has 1 N–H and O–H groups in total. The van der Waals surface area contributed by atoms with Crippen molar-refractivity contribution in [3.63, 3.8) is 0 Å². The molecule has 2 aliphatic heterocycles. The first kappa shape index (κ1) is 21.9. The maximum atomic E-state index is 13.2. The highest BCUT2D eigenvalue weighted by Crippen LogP contribution is 2.40. The molecule has 1 amide bonds. The van der Waals surface area contributed by atoms with Crippen molar-refractivity contribution in [2.75, 3.05) is 18.1 Å². The molecule has 0 aliphatic carbocycles. The first-order valence-electron chi connectivity index (χ1n) is 10.2. The molecule has 0 spiro atoms. The summed E-state index contributed by atoms with van der Waals surface area (Å²) in [7, 11) is 3.68. The molecule has 10 heteroatoms. The van der Waals surface area contributed by atoms with Gasteiger partial charge in [-0.25, -0.2) is 9.78 Å². The van der Waals surface area contributed by atoms with E-state index in [9.17, 15) is 9.59 Å². The number of aromatic amines is 1. The van der Waals surface area contributed by atoms with E-state index in [1.54, 1.807) is 47.2 Å². The molecule has 2 aromatic carbocycles. The van der Waals surface area contributed by atoms with Gasteiger partial charge in [0.15, 0.2) is 0 Å². The van der Waals surface area contributed by atoms with Crippen LogP contribution in [-0.4, -0.2) is 45.1 Å². The van der Waals surface area contributed by atoms with Crippen LogP contribution >= 0.6 is 44.8 Å². The highest BCUT2D eigenvalue weighted by atomic mass is 35.5. The zero-order valence-electron chi connectivity index (χ0n) is 16.8. The number of carbonyl (C=O) groups is 1. The number of amides is 1. The van der Waals surface area contributed by atoms with Gasteiger partial charge in [-0.1, -0.05) is 44.8 Å². The number of hydrogen-bond acceptors (Lipinski definition) is 6. The van der Waals surface area contributed by atoms with Gasteiger partial charge in [0.25, 0.3) is 5.56 Å². The van der Waals surface area contributed by atoms with E-state index in [4.69, 9.17) is 27.9 Å². The van der Waals surface area contributed by atoms with Crippen LogP contribution in [0.25, 0.3) is 22.3 Å². The third-order valence-corrected chi connectivity index (χ3v) is 8.81. The molecular formula is C22H19Cl2N3O3S2. The normalized spacial score (nSPS) is 20.8. The van der Waals surface area contributed by atoms with Crippen LogP contribution in [-0.2, 0) is 0 Å². The van der Waals surface area contributed by atoms with Gasteiger partial charge in [-0.05, 0) is 55.2 Å². The van der Waals surface area contributed by atoms with Crippen molar-refractivity contribution in [2.24, 2.45) is 5.92 Å². The number of aromatic nitrogens is 2. The molecule has 1 unspecified atom stereocenters. The van der Waals surface area contributed by atoms with Crippen molar-refractivity contribution in [1.82, 2.24) is 14.9 Å². The third kappa shape index (κ3) is 4.33. The monoisotopic (exact) mass is 507 g/mol. The maximum Gasteiger partial charge on any atom is 0.415 e. The van der Waals surface area contributed by atoms with Crippen molar-refractivity contribution < 1.29 is 9.53 Å². The Hall–Kier alpha value is -1.87. The number of piperidine rings is 1. The van der Waals surface area contributed by atoms with Gasteiger partial charge < -0.3 is 14.6 Å². The van der Waals surface area contributed by atoms with Gasteiger partial charge in [-0.15, -0.1) is 0 Å². The molecule has 5 rings (SSSR count). The van der Waals surface area contributed by atoms with Gasteiger partial charge in [0.1, 0.15) is 11.6 Å². The summed E-state index contributed by atoms with van der Waals surface area (Å²) in [6.07, 6.45) is 1.73. The molecule has 32 heavy (non-hydrogen) atoms. The topological polar surface area (TPSA) is 75.3 Å². The zero-order valence-corrected chi connectivity index (χ0v) is 20.0. The lowest BCUT2D eigenvalue weighted by molar-refractivity contribution is 0.0990. The first-order valence-corrected chi connectivity index (χ1v) is 13.5. The van der Waals surface area contributed by atoms with Crippen LogP contribution in [0.3, 0.4) is 0 Å². The summed E-state index contributed by atoms with van der Waals surface area (Å²) < 4.78 is 5.84. The zero-order chi connectivity index (χ0) is 22.2. The van der Waals surface area contributed by atoms with E-state index in [0.29, 0.717) is 44.7 Å². The number of halogens is 2. The van der Waals surface area contributed by atoms with Gasteiger partial charge in [0.05, 0.1) is 16.5 Å². The SMILES string of the molecule is O=C(Oc1ccc(Cl)cc1-c1nc2ccc(Cl)cc2c(=O)[nH]1)N1CCCC2CSSC[C@H]21. The van der Waals surface area contributed by atoms with Crippen molar-refractivity contribution in [3.05, 3.63) is 56.8 Å². The summed E-state index contributed by atoms with van der Waals surface area (Å²) in [6, 6.07) is 10.0. The van der Waals surface area contributed by atoms with Crippen molar-refractivity contribution in [3.8, 4) is 17.1 Å². The molecule has 0 radical (unpaired) electrons. The fourth-order valence-corrected chi connectivity index (χ4v) is 7.42. The minimum absolute atomic E-state index is 0.182. The van der Waals surface area contributed by atoms with Crippen LogP contribution in [0.2, 0.25) is 10.0 Å². The summed E-state index contributed by atoms with van der Waals surface area (Å²) in [4.78, 5) is 35.0. The van der Waals surface area contributed by atoms with Crippen LogP contribution in [0, 0.1) is 5.92 Å². The summed E-state index contributed by atoms with van der Waals surface area (Å²) in [5, 5.41) is 1.28. The Morgan fingerprint density at radius 2 is 1.91 bits per heavy atom. The lowest BCUT2D eigenvalue weighted by atomic mass is 9.92. The minimum Gasteiger partial charge on any atom is -0.409 e. The summed E-state index contributed by atoms with van der Waals surface area (Å²) >= 11 is 12.2. The highest BCUT2D eigenvalue weighted by Gasteiger charge is 2.37. The third-order valence-electron chi connectivity index (χ3n) is 5.82. The number of benzene rings is 2. The molecule has 0 bridgehead atoms. The molecule has 6 nitrogen and oxygen atoms in total. The number of hydrogen-bond donors (Lipinski definition) is 1. The lowest BCUT2D eigenvalue weighted by Gasteiger charge is -2.42. The van der Waals surface area contributed by atoms with E-state index in [0.717, 1.165) is 24.3 Å². The lowest BCUT2D eigenvalue weighted by Crippen LogP contribution is -2.52. The van der Waals surface area contributed by atoms with E-state index in [1.807, 2.05) is 15.7 Å². The van der Waals surface area contributed by atoms with Gasteiger partial charge in [0.2, 0.25) is 0 Å². The molecule has 0 saturated carbocycles. The van der Waals surface area contributed by atoms with Crippen molar-refractivity contribution in [2.45, 2.75) is 18.9 Å².